The second-order valence-electron chi connectivity index (χ2n) is 9.38. The second kappa shape index (κ2) is 8.82. The second-order valence-corrected chi connectivity index (χ2v) is 9.38. The summed E-state index contributed by atoms with van der Waals surface area (Å²) in [5.41, 5.74) is 2.96. The van der Waals surface area contributed by atoms with E-state index in [2.05, 4.69) is 61.5 Å². The smallest absolute Gasteiger partial charge is 0.0896 e. The molecule has 0 saturated heterocycles. The maximum atomic E-state index is 11.3. The summed E-state index contributed by atoms with van der Waals surface area (Å²) in [6, 6.07) is 19.1. The van der Waals surface area contributed by atoms with Crippen LogP contribution in [0.1, 0.15) is 76.7 Å². The van der Waals surface area contributed by atoms with Crippen molar-refractivity contribution in [2.45, 2.75) is 76.7 Å². The minimum Gasteiger partial charge on any atom is -0.385 e. The predicted octanol–water partition coefficient (Wildman–Crippen LogP) is 7.34. The lowest BCUT2D eigenvalue weighted by Gasteiger charge is -2.41. The lowest BCUT2D eigenvalue weighted by molar-refractivity contribution is -0.0260. The highest BCUT2D eigenvalue weighted by atomic mass is 16.3. The topological polar surface area (TPSA) is 20.2 Å². The Kier molecular flexibility index (Phi) is 6.21. The van der Waals surface area contributed by atoms with Crippen molar-refractivity contribution < 1.29 is 5.11 Å². The van der Waals surface area contributed by atoms with Crippen molar-refractivity contribution in [2.24, 2.45) is 17.8 Å². The van der Waals surface area contributed by atoms with Crippen molar-refractivity contribution in [3.8, 4) is 11.1 Å². The Morgan fingerprint density at radius 3 is 1.93 bits per heavy atom. The molecule has 2 saturated carbocycles. The molecule has 0 atom stereocenters. The Balaban J connectivity index is 1.35. The number of hydrogen-bond donors (Lipinski definition) is 1. The van der Waals surface area contributed by atoms with Gasteiger partial charge in [0.15, 0.2) is 0 Å². The first kappa shape index (κ1) is 19.7. The van der Waals surface area contributed by atoms with Gasteiger partial charge in [-0.15, -0.1) is 0 Å². The normalized spacial score (nSPS) is 30.9. The Morgan fingerprint density at radius 2 is 1.32 bits per heavy atom. The Bertz CT molecular complexity index is 717. The summed E-state index contributed by atoms with van der Waals surface area (Å²) in [6.45, 7) is 2.32. The van der Waals surface area contributed by atoms with E-state index in [1.54, 1.807) is 0 Å². The highest BCUT2D eigenvalue weighted by Crippen LogP contribution is 2.46. The molecule has 1 heteroatoms. The molecule has 0 spiro atoms. The van der Waals surface area contributed by atoms with Gasteiger partial charge in [0, 0.05) is 0 Å². The van der Waals surface area contributed by atoms with Crippen LogP contribution in [0.5, 0.6) is 0 Å². The fourth-order valence-electron chi connectivity index (χ4n) is 5.84. The van der Waals surface area contributed by atoms with E-state index in [1.165, 1.54) is 62.5 Å². The zero-order valence-electron chi connectivity index (χ0n) is 17.4. The van der Waals surface area contributed by atoms with Gasteiger partial charge >= 0.3 is 0 Å². The van der Waals surface area contributed by atoms with Gasteiger partial charge in [-0.3, -0.25) is 0 Å². The van der Waals surface area contributed by atoms with Gasteiger partial charge in [-0.2, -0.15) is 0 Å². The van der Waals surface area contributed by atoms with Crippen molar-refractivity contribution in [1.82, 2.24) is 0 Å². The number of hydrogen-bond acceptors (Lipinski definition) is 1. The molecule has 0 amide bonds. The van der Waals surface area contributed by atoms with Crippen LogP contribution < -0.4 is 0 Å². The fraction of sp³-hybridized carbons (Fsp3) is 0.556. The highest BCUT2D eigenvalue weighted by molar-refractivity contribution is 5.63. The lowest BCUT2D eigenvalue weighted by Crippen LogP contribution is -2.34. The van der Waals surface area contributed by atoms with Crippen LogP contribution in [0.25, 0.3) is 11.1 Å². The van der Waals surface area contributed by atoms with Crippen molar-refractivity contribution in [1.29, 1.82) is 0 Å². The summed E-state index contributed by atoms with van der Waals surface area (Å²) in [7, 11) is 0. The third-order valence-corrected chi connectivity index (χ3v) is 7.64. The monoisotopic (exact) mass is 376 g/mol. The first-order valence-electron chi connectivity index (χ1n) is 11.6. The summed E-state index contributed by atoms with van der Waals surface area (Å²) in [6.07, 6.45) is 12.8. The molecule has 2 aliphatic carbocycles. The Labute approximate surface area is 171 Å². The van der Waals surface area contributed by atoms with Gasteiger partial charge in [0.2, 0.25) is 0 Å². The number of aliphatic hydroxyl groups is 1. The Morgan fingerprint density at radius 1 is 0.750 bits per heavy atom. The van der Waals surface area contributed by atoms with Crippen molar-refractivity contribution in [3.63, 3.8) is 0 Å². The molecule has 2 aliphatic rings. The van der Waals surface area contributed by atoms with Crippen LogP contribution in [-0.4, -0.2) is 5.11 Å². The maximum absolute atomic E-state index is 11.3. The van der Waals surface area contributed by atoms with E-state index in [9.17, 15) is 5.11 Å². The molecule has 4 rings (SSSR count). The SMILES string of the molecule is CCCC1CCC(C2CCC(O)(c3ccc(-c4ccccc4)cc3)CC2)CC1. The van der Waals surface area contributed by atoms with E-state index >= 15 is 0 Å². The maximum Gasteiger partial charge on any atom is 0.0896 e. The zero-order chi connectivity index (χ0) is 19.4. The summed E-state index contributed by atoms with van der Waals surface area (Å²) in [4.78, 5) is 0. The van der Waals surface area contributed by atoms with Crippen molar-refractivity contribution >= 4 is 0 Å². The molecule has 0 aliphatic heterocycles. The summed E-state index contributed by atoms with van der Waals surface area (Å²) >= 11 is 0. The summed E-state index contributed by atoms with van der Waals surface area (Å²) in [5, 5.41) is 11.3. The zero-order valence-corrected chi connectivity index (χ0v) is 17.4. The van der Waals surface area contributed by atoms with Gasteiger partial charge < -0.3 is 5.11 Å². The highest BCUT2D eigenvalue weighted by Gasteiger charge is 2.38. The average molecular weight is 377 g/mol. The van der Waals surface area contributed by atoms with Crippen LogP contribution in [0.4, 0.5) is 0 Å². The van der Waals surface area contributed by atoms with Gasteiger partial charge in [-0.25, -0.2) is 0 Å². The van der Waals surface area contributed by atoms with Gasteiger partial charge in [0.1, 0.15) is 0 Å². The molecule has 2 aromatic carbocycles. The minimum absolute atomic E-state index is 0.620. The quantitative estimate of drug-likeness (QED) is 0.579. The molecule has 1 N–H and O–H groups in total. The molecule has 0 heterocycles. The first-order chi connectivity index (χ1) is 13.7. The molecule has 0 radical (unpaired) electrons. The van der Waals surface area contributed by atoms with E-state index in [-0.39, 0.29) is 0 Å². The lowest BCUT2D eigenvalue weighted by atomic mass is 9.66. The van der Waals surface area contributed by atoms with Crippen LogP contribution in [0, 0.1) is 17.8 Å². The van der Waals surface area contributed by atoms with Crippen LogP contribution >= 0.6 is 0 Å². The van der Waals surface area contributed by atoms with Crippen LogP contribution in [-0.2, 0) is 5.60 Å². The van der Waals surface area contributed by atoms with E-state index in [0.717, 1.165) is 36.2 Å². The Hall–Kier alpha value is -1.60. The van der Waals surface area contributed by atoms with E-state index in [0.29, 0.717) is 0 Å². The third-order valence-electron chi connectivity index (χ3n) is 7.64. The van der Waals surface area contributed by atoms with Gasteiger partial charge in [-0.1, -0.05) is 87.2 Å². The first-order valence-corrected chi connectivity index (χ1v) is 11.6. The average Bonchev–Trinajstić information content (AvgIpc) is 2.76. The van der Waals surface area contributed by atoms with Crippen LogP contribution in [0.3, 0.4) is 0 Å². The number of rotatable bonds is 5. The molecule has 0 aromatic heterocycles. The van der Waals surface area contributed by atoms with Crippen molar-refractivity contribution in [2.75, 3.05) is 0 Å². The fourth-order valence-corrected chi connectivity index (χ4v) is 5.84. The number of benzene rings is 2. The standard InChI is InChI=1S/C27H36O/c1-2-6-21-9-11-23(12-10-21)25-17-19-27(28,20-18-25)26-15-13-24(14-16-26)22-7-4-3-5-8-22/h3-5,7-8,13-16,21,23,25,28H,2,6,9-12,17-20H2,1H3. The summed E-state index contributed by atoms with van der Waals surface area (Å²) in [5.74, 6) is 2.74. The van der Waals surface area contributed by atoms with Gasteiger partial charge in [0.25, 0.3) is 0 Å². The molecule has 28 heavy (non-hydrogen) atoms. The van der Waals surface area contributed by atoms with E-state index < -0.39 is 5.60 Å². The molecule has 150 valence electrons. The van der Waals surface area contributed by atoms with Crippen molar-refractivity contribution in [3.05, 3.63) is 60.2 Å². The molecule has 2 aromatic rings. The largest absolute Gasteiger partial charge is 0.385 e. The predicted molar refractivity (Wildman–Crippen MR) is 118 cm³/mol. The van der Waals surface area contributed by atoms with E-state index in [1.807, 2.05) is 0 Å². The molecular formula is C27H36O. The van der Waals surface area contributed by atoms with Crippen LogP contribution in [0.2, 0.25) is 0 Å². The minimum atomic E-state index is -0.620. The van der Waals surface area contributed by atoms with Gasteiger partial charge in [0.05, 0.1) is 5.60 Å². The molecular weight excluding hydrogens is 340 g/mol. The molecule has 1 nitrogen and oxygen atoms in total. The molecule has 0 bridgehead atoms. The summed E-state index contributed by atoms with van der Waals surface area (Å²) < 4.78 is 0. The molecule has 0 unspecified atom stereocenters. The molecule has 2 fully saturated rings. The van der Waals surface area contributed by atoms with Gasteiger partial charge in [-0.05, 0) is 73.0 Å². The third kappa shape index (κ3) is 4.35. The van der Waals surface area contributed by atoms with E-state index in [4.69, 9.17) is 0 Å². The van der Waals surface area contributed by atoms with Crippen LogP contribution in [0.15, 0.2) is 54.6 Å².